The van der Waals surface area contributed by atoms with Gasteiger partial charge in [0.25, 0.3) is 0 Å². The van der Waals surface area contributed by atoms with Gasteiger partial charge >= 0.3 is 0 Å². The summed E-state index contributed by atoms with van der Waals surface area (Å²) in [4.78, 5) is 4.74. The number of para-hydroxylation sites is 1. The third kappa shape index (κ3) is 5.17. The van der Waals surface area contributed by atoms with Crippen LogP contribution < -0.4 is 24.4 Å². The minimum Gasteiger partial charge on any atom is -0.493 e. The van der Waals surface area contributed by atoms with Crippen LogP contribution in [0.4, 0.5) is 11.4 Å². The van der Waals surface area contributed by atoms with Gasteiger partial charge in [0.2, 0.25) is 0 Å². The lowest BCUT2D eigenvalue weighted by Gasteiger charge is -2.32. The van der Waals surface area contributed by atoms with E-state index >= 15 is 0 Å². The lowest BCUT2D eigenvalue weighted by Crippen LogP contribution is -2.33. The summed E-state index contributed by atoms with van der Waals surface area (Å²) in [5.74, 6) is 3.24. The van der Waals surface area contributed by atoms with E-state index in [2.05, 4.69) is 39.4 Å². The van der Waals surface area contributed by atoms with Crippen LogP contribution in [0, 0.1) is 0 Å². The lowest BCUT2D eigenvalue weighted by molar-refractivity contribution is 0.230. The normalized spacial score (nSPS) is 15.6. The highest BCUT2D eigenvalue weighted by molar-refractivity contribution is 5.63. The Bertz CT molecular complexity index is 1070. The van der Waals surface area contributed by atoms with E-state index in [1.807, 2.05) is 42.5 Å². The van der Waals surface area contributed by atoms with Crippen LogP contribution in [0.25, 0.3) is 0 Å². The highest BCUT2D eigenvalue weighted by Crippen LogP contribution is 2.35. The molecule has 33 heavy (non-hydrogen) atoms. The van der Waals surface area contributed by atoms with Crippen molar-refractivity contribution in [3.05, 3.63) is 72.3 Å². The summed E-state index contributed by atoms with van der Waals surface area (Å²) < 4.78 is 17.7. The van der Waals surface area contributed by atoms with Gasteiger partial charge in [-0.05, 0) is 61.8 Å². The first-order valence-electron chi connectivity index (χ1n) is 11.7. The fourth-order valence-corrected chi connectivity index (χ4v) is 4.43. The van der Waals surface area contributed by atoms with Gasteiger partial charge in [0, 0.05) is 36.6 Å². The van der Waals surface area contributed by atoms with Crippen molar-refractivity contribution in [3.63, 3.8) is 0 Å². The summed E-state index contributed by atoms with van der Waals surface area (Å²) in [6, 6.07) is 22.3. The third-order valence-electron chi connectivity index (χ3n) is 6.26. The summed E-state index contributed by atoms with van der Waals surface area (Å²) in [5, 5.41) is 3.52. The molecular formula is C27H31N3O3. The lowest BCUT2D eigenvalue weighted by atomic mass is 10.1. The van der Waals surface area contributed by atoms with Crippen molar-refractivity contribution < 1.29 is 14.2 Å². The van der Waals surface area contributed by atoms with Gasteiger partial charge in [-0.3, -0.25) is 4.90 Å². The Morgan fingerprint density at radius 3 is 2.55 bits per heavy atom. The molecule has 0 amide bonds. The number of methoxy groups -OCH3 is 1. The molecule has 0 radical (unpaired) electrons. The summed E-state index contributed by atoms with van der Waals surface area (Å²) in [7, 11) is 1.70. The molecule has 3 aromatic rings. The van der Waals surface area contributed by atoms with Gasteiger partial charge in [0.15, 0.2) is 11.5 Å². The van der Waals surface area contributed by atoms with E-state index in [9.17, 15) is 0 Å². The molecule has 2 heterocycles. The maximum absolute atomic E-state index is 6.04. The predicted octanol–water partition coefficient (Wildman–Crippen LogP) is 5.35. The Kier molecular flexibility index (Phi) is 6.53. The van der Waals surface area contributed by atoms with Crippen molar-refractivity contribution in [3.8, 4) is 23.0 Å². The molecule has 1 saturated heterocycles. The Morgan fingerprint density at radius 2 is 1.73 bits per heavy atom. The zero-order chi connectivity index (χ0) is 22.5. The van der Waals surface area contributed by atoms with Gasteiger partial charge in [0.1, 0.15) is 18.1 Å². The van der Waals surface area contributed by atoms with E-state index in [1.165, 1.54) is 31.5 Å². The molecule has 1 fully saturated rings. The Hall–Kier alpha value is -3.38. The van der Waals surface area contributed by atoms with Crippen LogP contribution in [0.3, 0.4) is 0 Å². The number of ether oxygens (including phenoxy) is 3. The zero-order valence-corrected chi connectivity index (χ0v) is 19.1. The minimum absolute atomic E-state index is 0.682. The van der Waals surface area contributed by atoms with E-state index in [0.717, 1.165) is 47.5 Å². The fraction of sp³-hybridized carbons (Fsp3) is 0.333. The van der Waals surface area contributed by atoms with Crippen LogP contribution in [0.1, 0.15) is 18.4 Å². The number of likely N-dealkylation sites (tertiary alicyclic amines) is 1. The van der Waals surface area contributed by atoms with Crippen molar-refractivity contribution in [2.75, 3.05) is 50.2 Å². The number of anilines is 2. The van der Waals surface area contributed by atoms with E-state index in [0.29, 0.717) is 13.3 Å². The molecule has 2 aliphatic heterocycles. The number of nitrogens with one attached hydrogen (secondary N) is 1. The van der Waals surface area contributed by atoms with E-state index < -0.39 is 0 Å². The van der Waals surface area contributed by atoms with Crippen LogP contribution in [0.15, 0.2) is 66.7 Å². The van der Waals surface area contributed by atoms with Crippen LogP contribution in [-0.2, 0) is 6.54 Å². The topological polar surface area (TPSA) is 46.2 Å². The second-order valence-corrected chi connectivity index (χ2v) is 8.50. The minimum atomic E-state index is 0.682. The highest BCUT2D eigenvalue weighted by Gasteiger charge is 2.19. The molecule has 0 bridgehead atoms. The number of hydrogen-bond acceptors (Lipinski definition) is 6. The predicted molar refractivity (Wildman–Crippen MR) is 132 cm³/mol. The smallest absolute Gasteiger partial charge is 0.162 e. The van der Waals surface area contributed by atoms with Gasteiger partial charge in [-0.25, -0.2) is 0 Å². The van der Waals surface area contributed by atoms with Crippen molar-refractivity contribution in [2.45, 2.75) is 19.4 Å². The summed E-state index contributed by atoms with van der Waals surface area (Å²) >= 11 is 0. The average Bonchev–Trinajstić information content (AvgIpc) is 3.38. The molecule has 0 saturated carbocycles. The van der Waals surface area contributed by atoms with Crippen LogP contribution in [0.5, 0.6) is 23.0 Å². The molecule has 2 aliphatic rings. The molecular weight excluding hydrogens is 414 g/mol. The molecule has 0 atom stereocenters. The van der Waals surface area contributed by atoms with Gasteiger partial charge < -0.3 is 24.4 Å². The molecule has 172 valence electrons. The Morgan fingerprint density at radius 1 is 0.879 bits per heavy atom. The number of rotatable bonds is 8. The monoisotopic (exact) mass is 445 g/mol. The Balaban J connectivity index is 1.23. The first-order chi connectivity index (χ1) is 16.3. The molecule has 6 nitrogen and oxygen atoms in total. The molecule has 0 unspecified atom stereocenters. The van der Waals surface area contributed by atoms with Gasteiger partial charge in [-0.15, -0.1) is 0 Å². The zero-order valence-electron chi connectivity index (χ0n) is 19.1. The SMILES string of the molecule is COc1cc(N2CNc3cc(Oc4ccccc4)ccc3C2)ccc1OCCN1CCCC1. The second-order valence-electron chi connectivity index (χ2n) is 8.50. The summed E-state index contributed by atoms with van der Waals surface area (Å²) in [5.41, 5.74) is 3.43. The molecule has 0 aliphatic carbocycles. The third-order valence-corrected chi connectivity index (χ3v) is 6.26. The van der Waals surface area contributed by atoms with Crippen molar-refractivity contribution >= 4 is 11.4 Å². The molecule has 0 aromatic heterocycles. The molecule has 1 N–H and O–H groups in total. The van der Waals surface area contributed by atoms with E-state index in [4.69, 9.17) is 14.2 Å². The van der Waals surface area contributed by atoms with Crippen molar-refractivity contribution in [1.29, 1.82) is 0 Å². The molecule has 3 aromatic carbocycles. The summed E-state index contributed by atoms with van der Waals surface area (Å²) in [6.07, 6.45) is 2.60. The average molecular weight is 446 g/mol. The number of fused-ring (bicyclic) bond motifs is 1. The molecule has 0 spiro atoms. The number of hydrogen-bond donors (Lipinski definition) is 1. The highest BCUT2D eigenvalue weighted by atomic mass is 16.5. The maximum Gasteiger partial charge on any atom is 0.162 e. The fourth-order valence-electron chi connectivity index (χ4n) is 4.43. The second kappa shape index (κ2) is 10.0. The van der Waals surface area contributed by atoms with Gasteiger partial charge in [0.05, 0.1) is 13.8 Å². The van der Waals surface area contributed by atoms with Crippen LogP contribution >= 0.6 is 0 Å². The first-order valence-corrected chi connectivity index (χ1v) is 11.7. The molecule has 5 rings (SSSR count). The number of nitrogens with zero attached hydrogens (tertiary/aromatic N) is 2. The number of benzene rings is 3. The van der Waals surface area contributed by atoms with Gasteiger partial charge in [-0.1, -0.05) is 24.3 Å². The van der Waals surface area contributed by atoms with Crippen LogP contribution in [-0.4, -0.2) is 44.9 Å². The van der Waals surface area contributed by atoms with E-state index in [1.54, 1.807) is 7.11 Å². The largest absolute Gasteiger partial charge is 0.493 e. The summed E-state index contributed by atoms with van der Waals surface area (Å²) in [6.45, 7) is 5.54. The van der Waals surface area contributed by atoms with Gasteiger partial charge in [-0.2, -0.15) is 0 Å². The van der Waals surface area contributed by atoms with Crippen LogP contribution in [0.2, 0.25) is 0 Å². The maximum atomic E-state index is 6.04. The quantitative estimate of drug-likeness (QED) is 0.504. The standard InChI is InChI=1S/C27H31N3O3/c1-31-27-17-22(10-12-26(27)32-16-15-29-13-5-6-14-29)30-19-21-9-11-24(18-25(21)28-20-30)33-23-7-3-2-4-8-23/h2-4,7-12,17-18,28H,5-6,13-16,19-20H2,1H3. The van der Waals surface area contributed by atoms with Crippen molar-refractivity contribution in [1.82, 2.24) is 4.90 Å². The van der Waals surface area contributed by atoms with E-state index in [-0.39, 0.29) is 0 Å². The van der Waals surface area contributed by atoms with Crippen molar-refractivity contribution in [2.24, 2.45) is 0 Å². The first kappa shape index (κ1) is 21.5. The molecule has 6 heteroatoms. The Labute approximate surface area is 195 Å².